The van der Waals surface area contributed by atoms with Crippen LogP contribution >= 0.6 is 15.9 Å². The summed E-state index contributed by atoms with van der Waals surface area (Å²) < 4.78 is 33.6. The quantitative estimate of drug-likeness (QED) is 0.689. The summed E-state index contributed by atoms with van der Waals surface area (Å²) in [6.07, 6.45) is 1.97. The summed E-state index contributed by atoms with van der Waals surface area (Å²) in [4.78, 5) is 15.8. The van der Waals surface area contributed by atoms with E-state index < -0.39 is 10.0 Å². The van der Waals surface area contributed by atoms with Gasteiger partial charge in [-0.2, -0.15) is 4.31 Å². The lowest BCUT2D eigenvalue weighted by molar-refractivity contribution is 0.101. The van der Waals surface area contributed by atoms with Crippen LogP contribution in [0.4, 0.5) is 0 Å². The second-order valence-corrected chi connectivity index (χ2v) is 8.64. The largest absolute Gasteiger partial charge is 0.473 e. The van der Waals surface area contributed by atoms with Crippen LogP contribution in [0.25, 0.3) is 0 Å². The summed E-state index contributed by atoms with van der Waals surface area (Å²) in [6.45, 7) is 2.04. The first kappa shape index (κ1) is 18.0. The average molecular weight is 425 g/mol. The first-order valence-corrected chi connectivity index (χ1v) is 9.99. The second kappa shape index (κ2) is 7.23. The molecule has 1 aromatic carbocycles. The lowest BCUT2D eigenvalue weighted by Gasteiger charge is -2.17. The Labute approximate surface area is 155 Å². The molecule has 3 rings (SSSR count). The minimum atomic E-state index is -3.65. The fourth-order valence-corrected chi connectivity index (χ4v) is 4.41. The summed E-state index contributed by atoms with van der Waals surface area (Å²) in [6, 6.07) is 9.67. The van der Waals surface area contributed by atoms with Crippen LogP contribution in [0.3, 0.4) is 0 Å². The minimum absolute atomic E-state index is 0.127. The van der Waals surface area contributed by atoms with Crippen molar-refractivity contribution in [1.82, 2.24) is 9.29 Å². The zero-order valence-electron chi connectivity index (χ0n) is 13.6. The Kier molecular flexibility index (Phi) is 5.21. The Morgan fingerprint density at radius 1 is 1.32 bits per heavy atom. The molecular weight excluding hydrogens is 408 g/mol. The van der Waals surface area contributed by atoms with Gasteiger partial charge in [0, 0.05) is 28.8 Å². The number of ketones is 1. The van der Waals surface area contributed by atoms with Crippen molar-refractivity contribution in [3.8, 4) is 5.88 Å². The van der Waals surface area contributed by atoms with E-state index in [9.17, 15) is 13.2 Å². The van der Waals surface area contributed by atoms with Crippen LogP contribution < -0.4 is 4.74 Å². The van der Waals surface area contributed by atoms with Crippen molar-refractivity contribution in [1.29, 1.82) is 0 Å². The number of halogens is 1. The zero-order chi connectivity index (χ0) is 18.0. The summed E-state index contributed by atoms with van der Waals surface area (Å²) >= 11 is 3.31. The van der Waals surface area contributed by atoms with E-state index in [1.165, 1.54) is 23.4 Å². The molecular formula is C17H17BrN2O4S. The smallest absolute Gasteiger partial charge is 0.243 e. The number of nitrogens with zero attached hydrogens (tertiary/aromatic N) is 2. The van der Waals surface area contributed by atoms with Gasteiger partial charge in [0.1, 0.15) is 6.10 Å². The van der Waals surface area contributed by atoms with Crippen LogP contribution in [0, 0.1) is 0 Å². The standard InChI is InChI=1S/C17H17BrN2O4S/c1-12(21)13-3-2-4-16(9-13)25(22,23)20-8-7-15(11-20)24-17-6-5-14(18)10-19-17/h2-6,9-10,15H,7-8,11H2,1H3. The van der Waals surface area contributed by atoms with Crippen LogP contribution in [-0.4, -0.2) is 42.7 Å². The van der Waals surface area contributed by atoms with E-state index in [-0.39, 0.29) is 23.3 Å². The molecule has 0 N–H and O–H groups in total. The summed E-state index contributed by atoms with van der Waals surface area (Å²) in [5.41, 5.74) is 0.382. The van der Waals surface area contributed by atoms with E-state index in [0.717, 1.165) is 4.47 Å². The summed E-state index contributed by atoms with van der Waals surface area (Å²) in [5, 5.41) is 0. The van der Waals surface area contributed by atoms with Gasteiger partial charge in [-0.25, -0.2) is 13.4 Å². The molecule has 1 fully saturated rings. The molecule has 1 saturated heterocycles. The van der Waals surface area contributed by atoms with E-state index in [0.29, 0.717) is 24.4 Å². The van der Waals surface area contributed by atoms with Crippen LogP contribution in [-0.2, 0) is 10.0 Å². The fraction of sp³-hybridized carbons (Fsp3) is 0.294. The van der Waals surface area contributed by atoms with Crippen molar-refractivity contribution in [2.24, 2.45) is 0 Å². The van der Waals surface area contributed by atoms with E-state index in [2.05, 4.69) is 20.9 Å². The van der Waals surface area contributed by atoms with Crippen molar-refractivity contribution in [3.63, 3.8) is 0 Å². The molecule has 0 amide bonds. The minimum Gasteiger partial charge on any atom is -0.473 e. The fourth-order valence-electron chi connectivity index (χ4n) is 2.64. The maximum Gasteiger partial charge on any atom is 0.243 e. The van der Waals surface area contributed by atoms with Gasteiger partial charge in [0.05, 0.1) is 11.4 Å². The van der Waals surface area contributed by atoms with E-state index in [4.69, 9.17) is 4.74 Å². The van der Waals surface area contributed by atoms with E-state index >= 15 is 0 Å². The molecule has 8 heteroatoms. The molecule has 0 radical (unpaired) electrons. The third-order valence-corrected chi connectivity index (χ3v) is 6.30. The Morgan fingerprint density at radius 2 is 2.12 bits per heavy atom. The monoisotopic (exact) mass is 424 g/mol. The number of ether oxygens (including phenoxy) is 1. The number of hydrogen-bond donors (Lipinski definition) is 0. The van der Waals surface area contributed by atoms with Crippen molar-refractivity contribution in [2.75, 3.05) is 13.1 Å². The third kappa shape index (κ3) is 4.08. The Balaban J connectivity index is 1.73. The first-order chi connectivity index (χ1) is 11.9. The maximum atomic E-state index is 12.8. The van der Waals surface area contributed by atoms with Gasteiger partial charge in [-0.15, -0.1) is 0 Å². The number of pyridine rings is 1. The molecule has 1 atom stereocenters. The first-order valence-electron chi connectivity index (χ1n) is 7.75. The van der Waals surface area contributed by atoms with Crippen molar-refractivity contribution in [2.45, 2.75) is 24.3 Å². The van der Waals surface area contributed by atoms with Gasteiger partial charge in [0.15, 0.2) is 5.78 Å². The number of sulfonamides is 1. The third-order valence-electron chi connectivity index (χ3n) is 3.97. The highest BCUT2D eigenvalue weighted by Crippen LogP contribution is 2.24. The van der Waals surface area contributed by atoms with Crippen LogP contribution in [0.1, 0.15) is 23.7 Å². The number of aromatic nitrogens is 1. The molecule has 132 valence electrons. The number of hydrogen-bond acceptors (Lipinski definition) is 5. The lowest BCUT2D eigenvalue weighted by atomic mass is 10.2. The Hall–Kier alpha value is -1.77. The lowest BCUT2D eigenvalue weighted by Crippen LogP contribution is -2.31. The Bertz CT molecular complexity index is 884. The molecule has 1 unspecified atom stereocenters. The molecule has 1 aromatic heterocycles. The van der Waals surface area contributed by atoms with Crippen molar-refractivity contribution in [3.05, 3.63) is 52.6 Å². The van der Waals surface area contributed by atoms with E-state index in [1.807, 2.05) is 6.07 Å². The molecule has 0 saturated carbocycles. The van der Waals surface area contributed by atoms with Crippen molar-refractivity contribution < 1.29 is 17.9 Å². The van der Waals surface area contributed by atoms with Gasteiger partial charge < -0.3 is 4.74 Å². The predicted molar refractivity (Wildman–Crippen MR) is 96.2 cm³/mol. The van der Waals surface area contributed by atoms with Gasteiger partial charge in [-0.1, -0.05) is 12.1 Å². The van der Waals surface area contributed by atoms with Crippen molar-refractivity contribution >= 4 is 31.7 Å². The number of carbonyl (C=O) groups is 1. The molecule has 1 aliphatic rings. The maximum absolute atomic E-state index is 12.8. The predicted octanol–water partition coefficient (Wildman–Crippen LogP) is 2.89. The second-order valence-electron chi connectivity index (χ2n) is 5.79. The highest BCUT2D eigenvalue weighted by molar-refractivity contribution is 9.10. The van der Waals surface area contributed by atoms with Crippen LogP contribution in [0.2, 0.25) is 0 Å². The van der Waals surface area contributed by atoms with Crippen LogP contribution in [0.5, 0.6) is 5.88 Å². The summed E-state index contributed by atoms with van der Waals surface area (Å²) in [5.74, 6) is 0.298. The number of carbonyl (C=O) groups excluding carboxylic acids is 1. The molecule has 1 aliphatic heterocycles. The molecule has 0 aliphatic carbocycles. The number of benzene rings is 1. The highest BCUT2D eigenvalue weighted by Gasteiger charge is 2.34. The number of rotatable bonds is 5. The van der Waals surface area contributed by atoms with Crippen LogP contribution in [0.15, 0.2) is 52.0 Å². The molecule has 6 nitrogen and oxygen atoms in total. The molecule has 25 heavy (non-hydrogen) atoms. The SMILES string of the molecule is CC(=O)c1cccc(S(=O)(=O)N2CCC(Oc3ccc(Br)cn3)C2)c1. The number of Topliss-reactive ketones (excluding diaryl/α,β-unsaturated/α-hetero) is 1. The molecule has 0 spiro atoms. The van der Waals surface area contributed by atoms with Gasteiger partial charge >= 0.3 is 0 Å². The highest BCUT2D eigenvalue weighted by atomic mass is 79.9. The average Bonchev–Trinajstić information content (AvgIpc) is 3.06. The van der Waals surface area contributed by atoms with Gasteiger partial charge in [-0.3, -0.25) is 4.79 Å². The van der Waals surface area contributed by atoms with E-state index in [1.54, 1.807) is 24.4 Å². The topological polar surface area (TPSA) is 76.6 Å². The molecule has 2 heterocycles. The summed E-state index contributed by atoms with van der Waals surface area (Å²) in [7, 11) is -3.65. The van der Waals surface area contributed by atoms with Gasteiger partial charge in [-0.05, 0) is 47.5 Å². The molecule has 2 aromatic rings. The van der Waals surface area contributed by atoms with Gasteiger partial charge in [0.25, 0.3) is 0 Å². The normalized spacial score (nSPS) is 18.2. The Morgan fingerprint density at radius 3 is 2.80 bits per heavy atom. The zero-order valence-corrected chi connectivity index (χ0v) is 16.0. The van der Waals surface area contributed by atoms with Gasteiger partial charge in [0.2, 0.25) is 15.9 Å². The molecule has 0 bridgehead atoms.